The number of halogens is 2. The van der Waals surface area contributed by atoms with Gasteiger partial charge in [0.05, 0.1) is 18.0 Å². The Labute approximate surface area is 75.4 Å². The van der Waals surface area contributed by atoms with Crippen LogP contribution in [0.3, 0.4) is 0 Å². The van der Waals surface area contributed by atoms with Crippen LogP contribution < -0.4 is 9.80 Å². The van der Waals surface area contributed by atoms with Crippen molar-refractivity contribution < 1.29 is 8.78 Å². The molecule has 0 saturated heterocycles. The molecule has 2 nitrogen and oxygen atoms in total. The van der Waals surface area contributed by atoms with E-state index >= 15 is 0 Å². The highest BCUT2D eigenvalue weighted by Crippen LogP contribution is 2.35. The molecule has 1 aliphatic heterocycles. The molecule has 0 fully saturated rings. The molecule has 0 N–H and O–H groups in total. The van der Waals surface area contributed by atoms with Crippen LogP contribution in [-0.4, -0.2) is 20.3 Å². The Hall–Kier alpha value is -1.32. The monoisotopic (exact) mass is 184 g/mol. The highest BCUT2D eigenvalue weighted by molar-refractivity contribution is 5.75. The molecule has 0 aromatic heterocycles. The van der Waals surface area contributed by atoms with Crippen LogP contribution >= 0.6 is 0 Å². The Morgan fingerprint density at radius 3 is 2.46 bits per heavy atom. The van der Waals surface area contributed by atoms with E-state index in [0.717, 1.165) is 10.6 Å². The SMILES string of the molecule is CN1CN(C(F)F)c2ccccc21. The summed E-state index contributed by atoms with van der Waals surface area (Å²) in [5.74, 6) is 0. The van der Waals surface area contributed by atoms with Gasteiger partial charge in [-0.1, -0.05) is 12.1 Å². The van der Waals surface area contributed by atoms with Gasteiger partial charge in [0, 0.05) is 7.05 Å². The van der Waals surface area contributed by atoms with Crippen LogP contribution in [0.1, 0.15) is 0 Å². The molecule has 70 valence electrons. The second kappa shape index (κ2) is 2.87. The Morgan fingerprint density at radius 1 is 1.23 bits per heavy atom. The molecular formula is C9H10F2N2. The highest BCUT2D eigenvalue weighted by atomic mass is 19.3. The average Bonchev–Trinajstić information content (AvgIpc) is 2.45. The minimum absolute atomic E-state index is 0.261. The van der Waals surface area contributed by atoms with Crippen molar-refractivity contribution in [2.45, 2.75) is 6.55 Å². The fraction of sp³-hybridized carbons (Fsp3) is 0.333. The van der Waals surface area contributed by atoms with Gasteiger partial charge in [-0.15, -0.1) is 0 Å². The van der Waals surface area contributed by atoms with E-state index < -0.39 is 6.55 Å². The van der Waals surface area contributed by atoms with Gasteiger partial charge < -0.3 is 4.90 Å². The summed E-state index contributed by atoms with van der Waals surface area (Å²) in [6, 6.07) is 7.18. The number of nitrogens with zero attached hydrogens (tertiary/aromatic N) is 2. The molecule has 0 radical (unpaired) electrons. The molecule has 4 heteroatoms. The van der Waals surface area contributed by atoms with Gasteiger partial charge >= 0.3 is 6.55 Å². The lowest BCUT2D eigenvalue weighted by Crippen LogP contribution is -2.32. The molecule has 0 spiro atoms. The van der Waals surface area contributed by atoms with Gasteiger partial charge in [-0.3, -0.25) is 4.90 Å². The van der Waals surface area contributed by atoms with Gasteiger partial charge in [-0.05, 0) is 12.1 Å². The number of hydrogen-bond acceptors (Lipinski definition) is 2. The number of rotatable bonds is 1. The first kappa shape index (κ1) is 8.29. The van der Waals surface area contributed by atoms with Crippen molar-refractivity contribution >= 4 is 11.4 Å². The minimum Gasteiger partial charge on any atom is -0.355 e. The molecule has 2 rings (SSSR count). The highest BCUT2D eigenvalue weighted by Gasteiger charge is 2.27. The summed E-state index contributed by atoms with van der Waals surface area (Å²) >= 11 is 0. The Bertz CT molecular complexity index is 314. The molecule has 0 amide bonds. The van der Waals surface area contributed by atoms with Crippen LogP contribution in [0.25, 0.3) is 0 Å². The molecule has 0 saturated carbocycles. The third-order valence-corrected chi connectivity index (χ3v) is 2.20. The average molecular weight is 184 g/mol. The van der Waals surface area contributed by atoms with E-state index in [2.05, 4.69) is 0 Å². The first-order valence-corrected chi connectivity index (χ1v) is 4.05. The van der Waals surface area contributed by atoms with Crippen molar-refractivity contribution in [1.82, 2.24) is 0 Å². The number of alkyl halides is 2. The van der Waals surface area contributed by atoms with Crippen LogP contribution in [0.2, 0.25) is 0 Å². The lowest BCUT2D eigenvalue weighted by molar-refractivity contribution is 0.145. The minimum atomic E-state index is -2.42. The lowest BCUT2D eigenvalue weighted by atomic mass is 10.2. The summed E-state index contributed by atoms with van der Waals surface area (Å²) in [4.78, 5) is 2.89. The van der Waals surface area contributed by atoms with Gasteiger partial charge in [-0.2, -0.15) is 8.78 Å². The molecule has 13 heavy (non-hydrogen) atoms. The molecular weight excluding hydrogens is 174 g/mol. The molecule has 0 aliphatic carbocycles. The zero-order valence-corrected chi connectivity index (χ0v) is 7.24. The summed E-state index contributed by atoms with van der Waals surface area (Å²) in [6.07, 6.45) is 0. The summed E-state index contributed by atoms with van der Waals surface area (Å²) in [5, 5.41) is 0. The first-order chi connectivity index (χ1) is 6.20. The Balaban J connectivity index is 2.41. The van der Waals surface area contributed by atoms with E-state index in [-0.39, 0.29) is 6.67 Å². The maximum Gasteiger partial charge on any atom is 0.316 e. The number of anilines is 2. The van der Waals surface area contributed by atoms with E-state index in [1.807, 2.05) is 17.0 Å². The van der Waals surface area contributed by atoms with Gasteiger partial charge in [0.2, 0.25) is 0 Å². The molecule has 0 unspecified atom stereocenters. The lowest BCUT2D eigenvalue weighted by Gasteiger charge is -2.17. The van der Waals surface area contributed by atoms with Crippen LogP contribution in [0.5, 0.6) is 0 Å². The molecule has 1 aliphatic rings. The molecule has 0 atom stereocenters. The second-order valence-corrected chi connectivity index (χ2v) is 3.08. The van der Waals surface area contributed by atoms with E-state index in [1.165, 1.54) is 0 Å². The van der Waals surface area contributed by atoms with Gasteiger partial charge in [-0.25, -0.2) is 0 Å². The maximum atomic E-state index is 12.5. The predicted octanol–water partition coefficient (Wildman–Crippen LogP) is 2.12. The van der Waals surface area contributed by atoms with Crippen molar-refractivity contribution in [2.24, 2.45) is 0 Å². The third kappa shape index (κ3) is 1.22. The quantitative estimate of drug-likeness (QED) is 0.617. The van der Waals surface area contributed by atoms with E-state index in [0.29, 0.717) is 5.69 Å². The van der Waals surface area contributed by atoms with E-state index in [9.17, 15) is 8.78 Å². The number of benzene rings is 1. The van der Waals surface area contributed by atoms with E-state index in [4.69, 9.17) is 0 Å². The largest absolute Gasteiger partial charge is 0.355 e. The zero-order chi connectivity index (χ0) is 9.42. The smallest absolute Gasteiger partial charge is 0.316 e. The normalized spacial score (nSPS) is 15.4. The zero-order valence-electron chi connectivity index (χ0n) is 7.24. The Kier molecular flexibility index (Phi) is 1.83. The number of fused-ring (bicyclic) bond motifs is 1. The van der Waals surface area contributed by atoms with E-state index in [1.54, 1.807) is 19.2 Å². The van der Waals surface area contributed by atoms with Crippen LogP contribution in [-0.2, 0) is 0 Å². The summed E-state index contributed by atoms with van der Waals surface area (Å²) < 4.78 is 25.0. The number of para-hydroxylation sites is 2. The van der Waals surface area contributed by atoms with Gasteiger partial charge in [0.25, 0.3) is 0 Å². The fourth-order valence-electron chi connectivity index (χ4n) is 1.58. The van der Waals surface area contributed by atoms with Crippen molar-refractivity contribution in [3.63, 3.8) is 0 Å². The van der Waals surface area contributed by atoms with Crippen LogP contribution in [0, 0.1) is 0 Å². The summed E-state index contributed by atoms with van der Waals surface area (Å²) in [5.41, 5.74) is 1.47. The molecule has 1 heterocycles. The van der Waals surface area contributed by atoms with Gasteiger partial charge in [0.1, 0.15) is 0 Å². The molecule has 1 aromatic carbocycles. The first-order valence-electron chi connectivity index (χ1n) is 4.05. The molecule has 0 bridgehead atoms. The molecule has 1 aromatic rings. The van der Waals surface area contributed by atoms with Crippen LogP contribution in [0.15, 0.2) is 24.3 Å². The van der Waals surface area contributed by atoms with Crippen molar-refractivity contribution in [3.8, 4) is 0 Å². The van der Waals surface area contributed by atoms with Crippen molar-refractivity contribution in [3.05, 3.63) is 24.3 Å². The summed E-state index contributed by atoms with van der Waals surface area (Å²) in [7, 11) is 1.81. The van der Waals surface area contributed by atoms with Crippen molar-refractivity contribution in [1.29, 1.82) is 0 Å². The summed E-state index contributed by atoms with van der Waals surface area (Å²) in [6.45, 7) is -2.16. The van der Waals surface area contributed by atoms with Crippen LogP contribution in [0.4, 0.5) is 20.2 Å². The third-order valence-electron chi connectivity index (χ3n) is 2.20. The standard InChI is InChI=1S/C9H10F2N2/c1-12-6-13(9(10)11)8-5-3-2-4-7(8)12/h2-5,9H,6H2,1H3. The predicted molar refractivity (Wildman–Crippen MR) is 48.2 cm³/mol. The van der Waals surface area contributed by atoms with Crippen molar-refractivity contribution in [2.75, 3.05) is 23.5 Å². The Morgan fingerprint density at radius 2 is 1.85 bits per heavy atom. The number of hydrogen-bond donors (Lipinski definition) is 0. The fourth-order valence-corrected chi connectivity index (χ4v) is 1.58. The maximum absolute atomic E-state index is 12.5. The second-order valence-electron chi connectivity index (χ2n) is 3.08. The van der Waals surface area contributed by atoms with Gasteiger partial charge in [0.15, 0.2) is 0 Å². The topological polar surface area (TPSA) is 6.48 Å².